The summed E-state index contributed by atoms with van der Waals surface area (Å²) in [4.78, 5) is 27.0. The largest absolute Gasteiger partial charge is 0.484 e. The zero-order valence-electron chi connectivity index (χ0n) is 16.7. The number of carbonyl (C=O) groups excluding carboxylic acids is 2. The molecule has 1 unspecified atom stereocenters. The summed E-state index contributed by atoms with van der Waals surface area (Å²) in [5.74, 6) is 0.147. The number of nitrogens with zero attached hydrogens (tertiary/aromatic N) is 1. The highest BCUT2D eigenvalue weighted by Gasteiger charge is 2.27. The Morgan fingerprint density at radius 1 is 1.07 bits per heavy atom. The summed E-state index contributed by atoms with van der Waals surface area (Å²) in [6.45, 7) is 7.45. The van der Waals surface area contributed by atoms with Crippen LogP contribution in [0.1, 0.15) is 31.9 Å². The lowest BCUT2D eigenvalue weighted by molar-refractivity contribution is -0.142. The Morgan fingerprint density at radius 3 is 2.36 bits per heavy atom. The van der Waals surface area contributed by atoms with Crippen LogP contribution in [0.15, 0.2) is 48.5 Å². The number of nitrogens with one attached hydrogen (secondary N) is 1. The van der Waals surface area contributed by atoms with Crippen molar-refractivity contribution >= 4 is 23.4 Å². The van der Waals surface area contributed by atoms with Crippen LogP contribution in [0.5, 0.6) is 5.75 Å². The topological polar surface area (TPSA) is 58.6 Å². The fourth-order valence-electron chi connectivity index (χ4n) is 2.74. The molecular formula is C22H27ClN2O3. The van der Waals surface area contributed by atoms with Crippen LogP contribution in [0.2, 0.25) is 5.02 Å². The number of benzene rings is 2. The van der Waals surface area contributed by atoms with Gasteiger partial charge in [-0.05, 0) is 51.0 Å². The second kappa shape index (κ2) is 10.1. The molecule has 0 heterocycles. The monoisotopic (exact) mass is 402 g/mol. The Kier molecular flexibility index (Phi) is 7.88. The number of amides is 2. The Balaban J connectivity index is 2.18. The van der Waals surface area contributed by atoms with E-state index in [0.29, 0.717) is 10.8 Å². The highest BCUT2D eigenvalue weighted by Crippen LogP contribution is 2.20. The number of ether oxygens (including phenoxy) is 1. The summed E-state index contributed by atoms with van der Waals surface area (Å²) >= 11 is 6.27. The van der Waals surface area contributed by atoms with Crippen LogP contribution in [-0.4, -0.2) is 35.4 Å². The van der Waals surface area contributed by atoms with E-state index < -0.39 is 6.04 Å². The predicted molar refractivity (Wildman–Crippen MR) is 111 cm³/mol. The van der Waals surface area contributed by atoms with Crippen LogP contribution >= 0.6 is 11.6 Å². The molecular weight excluding hydrogens is 376 g/mol. The van der Waals surface area contributed by atoms with E-state index in [4.69, 9.17) is 16.3 Å². The molecule has 1 atom stereocenters. The number of hydrogen-bond donors (Lipinski definition) is 1. The standard InChI is InChI=1S/C22H27ClN2O3/c1-15(2)24-22(27)17(4)25(13-18-10-6-7-11-19(18)23)21(26)14-28-20-12-8-5-9-16(20)3/h5-12,15,17H,13-14H2,1-4H3,(H,24,27). The van der Waals surface area contributed by atoms with Gasteiger partial charge in [-0.1, -0.05) is 48.0 Å². The highest BCUT2D eigenvalue weighted by atomic mass is 35.5. The molecule has 2 rings (SSSR count). The quantitative estimate of drug-likeness (QED) is 0.726. The van der Waals surface area contributed by atoms with Crippen molar-refractivity contribution in [2.75, 3.05) is 6.61 Å². The summed E-state index contributed by atoms with van der Waals surface area (Å²) < 4.78 is 5.70. The molecule has 0 aliphatic carbocycles. The zero-order valence-corrected chi connectivity index (χ0v) is 17.5. The third-order valence-corrected chi connectivity index (χ3v) is 4.71. The maximum Gasteiger partial charge on any atom is 0.261 e. The van der Waals surface area contributed by atoms with Gasteiger partial charge in [0.1, 0.15) is 11.8 Å². The molecule has 0 spiro atoms. The van der Waals surface area contributed by atoms with E-state index in [1.54, 1.807) is 13.0 Å². The first-order valence-electron chi connectivity index (χ1n) is 9.31. The SMILES string of the molecule is Cc1ccccc1OCC(=O)N(Cc1ccccc1Cl)C(C)C(=O)NC(C)C. The average Bonchev–Trinajstić information content (AvgIpc) is 2.65. The van der Waals surface area contributed by atoms with Gasteiger partial charge in [0.05, 0.1) is 0 Å². The van der Waals surface area contributed by atoms with Crippen molar-refractivity contribution in [3.8, 4) is 5.75 Å². The first-order valence-corrected chi connectivity index (χ1v) is 9.69. The van der Waals surface area contributed by atoms with Crippen molar-refractivity contribution < 1.29 is 14.3 Å². The number of rotatable bonds is 8. The highest BCUT2D eigenvalue weighted by molar-refractivity contribution is 6.31. The third-order valence-electron chi connectivity index (χ3n) is 4.34. The molecule has 2 amide bonds. The first-order chi connectivity index (χ1) is 13.3. The fourth-order valence-corrected chi connectivity index (χ4v) is 2.93. The minimum absolute atomic E-state index is 0.0181. The lowest BCUT2D eigenvalue weighted by Gasteiger charge is -2.29. The van der Waals surface area contributed by atoms with Gasteiger partial charge in [-0.3, -0.25) is 9.59 Å². The van der Waals surface area contributed by atoms with Gasteiger partial charge in [0, 0.05) is 17.6 Å². The van der Waals surface area contributed by atoms with Gasteiger partial charge in [-0.2, -0.15) is 0 Å². The number of halogens is 1. The molecule has 0 bridgehead atoms. The molecule has 28 heavy (non-hydrogen) atoms. The van der Waals surface area contributed by atoms with E-state index in [9.17, 15) is 9.59 Å². The molecule has 0 fully saturated rings. The molecule has 0 radical (unpaired) electrons. The molecule has 2 aromatic rings. The zero-order chi connectivity index (χ0) is 20.7. The van der Waals surface area contributed by atoms with Gasteiger partial charge < -0.3 is 15.0 Å². The van der Waals surface area contributed by atoms with Gasteiger partial charge in [0.15, 0.2) is 6.61 Å². The summed E-state index contributed by atoms with van der Waals surface area (Å²) in [5.41, 5.74) is 1.72. The smallest absolute Gasteiger partial charge is 0.261 e. The molecule has 1 N–H and O–H groups in total. The Hall–Kier alpha value is -2.53. The van der Waals surface area contributed by atoms with Crippen LogP contribution in [0.25, 0.3) is 0 Å². The Morgan fingerprint density at radius 2 is 1.71 bits per heavy atom. The minimum Gasteiger partial charge on any atom is -0.484 e. The Labute approximate surface area is 171 Å². The van der Waals surface area contributed by atoms with E-state index in [1.165, 1.54) is 4.90 Å². The minimum atomic E-state index is -0.661. The molecule has 0 aliphatic heterocycles. The summed E-state index contributed by atoms with van der Waals surface area (Å²) in [7, 11) is 0. The van der Waals surface area contributed by atoms with Gasteiger partial charge >= 0.3 is 0 Å². The molecule has 0 aliphatic rings. The maximum atomic E-state index is 13.0. The average molecular weight is 403 g/mol. The maximum absolute atomic E-state index is 13.0. The summed E-state index contributed by atoms with van der Waals surface area (Å²) in [6.07, 6.45) is 0. The fraction of sp³-hybridized carbons (Fsp3) is 0.364. The molecule has 0 saturated carbocycles. The second-order valence-corrected chi connectivity index (χ2v) is 7.41. The van der Waals surface area contributed by atoms with Crippen molar-refractivity contribution in [1.82, 2.24) is 10.2 Å². The number of aryl methyl sites for hydroxylation is 1. The molecule has 0 saturated heterocycles. The van der Waals surface area contributed by atoms with Crippen molar-refractivity contribution in [2.45, 2.75) is 46.3 Å². The van der Waals surface area contributed by atoms with E-state index in [0.717, 1.165) is 11.1 Å². The van der Waals surface area contributed by atoms with Crippen LogP contribution in [-0.2, 0) is 16.1 Å². The third kappa shape index (κ3) is 5.99. The van der Waals surface area contributed by atoms with Gasteiger partial charge in [0.25, 0.3) is 5.91 Å². The molecule has 0 aromatic heterocycles. The Bertz CT molecular complexity index is 823. The van der Waals surface area contributed by atoms with E-state index in [1.807, 2.05) is 63.2 Å². The van der Waals surface area contributed by atoms with Gasteiger partial charge in [-0.15, -0.1) is 0 Å². The van der Waals surface area contributed by atoms with E-state index >= 15 is 0 Å². The molecule has 2 aromatic carbocycles. The van der Waals surface area contributed by atoms with E-state index in [2.05, 4.69) is 5.32 Å². The number of carbonyl (C=O) groups is 2. The lowest BCUT2D eigenvalue weighted by atomic mass is 10.1. The predicted octanol–water partition coefficient (Wildman–Crippen LogP) is 3.97. The van der Waals surface area contributed by atoms with E-state index in [-0.39, 0.29) is 31.0 Å². The second-order valence-electron chi connectivity index (χ2n) is 7.01. The first kappa shape index (κ1) is 21.8. The molecule has 5 nitrogen and oxygen atoms in total. The molecule has 150 valence electrons. The molecule has 6 heteroatoms. The van der Waals surface area contributed by atoms with Crippen molar-refractivity contribution in [3.05, 3.63) is 64.7 Å². The number of hydrogen-bond acceptors (Lipinski definition) is 3. The summed E-state index contributed by atoms with van der Waals surface area (Å²) in [5, 5.41) is 3.41. The van der Waals surface area contributed by atoms with Crippen LogP contribution in [0.3, 0.4) is 0 Å². The summed E-state index contributed by atoms with van der Waals surface area (Å²) in [6, 6.07) is 14.1. The normalized spacial score (nSPS) is 11.8. The van der Waals surface area contributed by atoms with Crippen molar-refractivity contribution in [2.24, 2.45) is 0 Å². The van der Waals surface area contributed by atoms with Crippen LogP contribution in [0.4, 0.5) is 0 Å². The van der Waals surface area contributed by atoms with Crippen LogP contribution in [0, 0.1) is 6.92 Å². The van der Waals surface area contributed by atoms with Crippen molar-refractivity contribution in [1.29, 1.82) is 0 Å². The van der Waals surface area contributed by atoms with Crippen molar-refractivity contribution in [3.63, 3.8) is 0 Å². The van der Waals surface area contributed by atoms with Gasteiger partial charge in [-0.25, -0.2) is 0 Å². The van der Waals surface area contributed by atoms with Crippen LogP contribution < -0.4 is 10.1 Å². The number of para-hydroxylation sites is 1. The van der Waals surface area contributed by atoms with Gasteiger partial charge in [0.2, 0.25) is 5.91 Å². The lowest BCUT2D eigenvalue weighted by Crippen LogP contribution is -2.50.